The van der Waals surface area contributed by atoms with Gasteiger partial charge in [0.05, 0.1) is 49.2 Å². The fourth-order valence-electron chi connectivity index (χ4n) is 20.6. The van der Waals surface area contributed by atoms with Gasteiger partial charge in [-0.2, -0.15) is 0 Å². The molecular formula is C107H184N12O23. The number of ether oxygens (including phenoxy) is 5. The van der Waals surface area contributed by atoms with Gasteiger partial charge >= 0.3 is 5.97 Å². The van der Waals surface area contributed by atoms with Crippen LogP contribution in [0.3, 0.4) is 0 Å². The third kappa shape index (κ3) is 34.3. The molecule has 4 fully saturated rings. The molecule has 5 aliphatic rings. The molecule has 0 spiro atoms. The number of methoxy groups -OCH3 is 3. The van der Waals surface area contributed by atoms with Gasteiger partial charge in [-0.25, -0.2) is 4.79 Å². The topological polar surface area (TPSA) is 440 Å². The summed E-state index contributed by atoms with van der Waals surface area (Å²) in [5.74, 6) is -15.4. The van der Waals surface area contributed by atoms with Crippen LogP contribution in [0.1, 0.15) is 268 Å². The monoisotopic (exact) mass is 2010 g/mol. The van der Waals surface area contributed by atoms with E-state index in [0.717, 1.165) is 10.5 Å². The molecule has 1 aliphatic carbocycles. The molecule has 8 N–H and O–H groups in total. The van der Waals surface area contributed by atoms with Crippen molar-refractivity contribution in [3.8, 4) is 0 Å². The lowest BCUT2D eigenvalue weighted by molar-refractivity contribution is -0.302. The Morgan fingerprint density at radius 3 is 1.68 bits per heavy atom. The van der Waals surface area contributed by atoms with Crippen LogP contribution in [0, 0.1) is 71.0 Å². The lowest BCUT2D eigenvalue weighted by Gasteiger charge is -2.47. The minimum absolute atomic E-state index is 0.00988. The standard InChI is InChI=1S/C63H115N11O11.C44H69NO12/c1-26-28-29-41(15)54(76)53-58(80)66-45(27-2)60(82)68(19)34-50(75)70(21)47(31-36(5)6)57(79)67-51(39(11)12)62(84)72(23)48(32-37(7)8)56(78)64-42(16)55(77)65-43(17)59(81)73(24)49(33-38(9)10)61(83)71(22)46(30-35(3)4)44(18)69(20)52(40(13)14)63(85)74(53)25;1-10-13-31-19-25(2)18-26(3)20-37(54-8)40-38(55-9)22-28(5)44(52,57-40)41(49)42(50)45-17-12-11-14-32(45)43(51)56-39(29(6)34(47)24-35(31)48)27(4)21-30-15-16-33(46)36(23-30)53-7/h26,28,35-49,51-54,76H,27,29-34H2,1-25H3,(H,64,78)(H,65,77)(H,66,80)(H,67,79);10,19,21,26,28-34,36-40,46-47,52H,1,11-18,20,22-24H2,2-9H3/b28-26+;25-19-,27-21+/t41-,42-,43+,44?,45+,46+,47+,48-,49-,51-,52-,53-,54-;26?,28?,29?,30?,31?,32?,33?,34?,36?,37-,38?,39?,40?,44?/m10/s1. The molecule has 0 aromatic carbocycles. The molecule has 2 bridgehead atoms. The maximum atomic E-state index is 15.3. The molecule has 27 atom stereocenters. The summed E-state index contributed by atoms with van der Waals surface area (Å²) in [7, 11) is 15.4. The molecule has 810 valence electrons. The van der Waals surface area contributed by atoms with Crippen molar-refractivity contribution in [2.45, 2.75) is 396 Å². The summed E-state index contributed by atoms with van der Waals surface area (Å²) < 4.78 is 29.7. The van der Waals surface area contributed by atoms with Crippen LogP contribution in [0.5, 0.6) is 0 Å². The summed E-state index contributed by atoms with van der Waals surface area (Å²) in [5.41, 5.74) is 1.61. The lowest BCUT2D eigenvalue weighted by Crippen LogP contribution is -2.64. The number of Topliss-reactive ketones (excluding diaryl/α,β-unsaturated/α-hetero) is 2. The highest BCUT2D eigenvalue weighted by molar-refractivity contribution is 6.39. The van der Waals surface area contributed by atoms with Crippen molar-refractivity contribution < 1.29 is 111 Å². The highest BCUT2D eigenvalue weighted by Crippen LogP contribution is 2.41. The van der Waals surface area contributed by atoms with Crippen molar-refractivity contribution in [1.82, 2.24) is 60.5 Å². The first-order valence-corrected chi connectivity index (χ1v) is 51.9. The van der Waals surface area contributed by atoms with Gasteiger partial charge in [0.25, 0.3) is 11.7 Å². The summed E-state index contributed by atoms with van der Waals surface area (Å²) >= 11 is 0. The quantitative estimate of drug-likeness (QED) is 0.0285. The minimum atomic E-state index is -2.51. The van der Waals surface area contributed by atoms with Gasteiger partial charge in [-0.1, -0.05) is 154 Å². The molecule has 35 heteroatoms. The highest BCUT2D eigenvalue weighted by atomic mass is 16.7. The first kappa shape index (κ1) is 126. The molecule has 0 aromatic heterocycles. The number of fused-ring (bicyclic) bond motifs is 3. The molecule has 3 saturated heterocycles. The maximum absolute atomic E-state index is 15.3. The number of nitrogens with one attached hydrogen (secondary N) is 4. The van der Waals surface area contributed by atoms with Crippen molar-refractivity contribution in [2.24, 2.45) is 71.0 Å². The van der Waals surface area contributed by atoms with Gasteiger partial charge in [0.2, 0.25) is 64.9 Å². The normalized spacial score (nSPS) is 33.2. The van der Waals surface area contributed by atoms with Gasteiger partial charge < -0.3 is 99.7 Å². The average molecular weight is 2010 g/mol. The van der Waals surface area contributed by atoms with E-state index in [-0.39, 0.29) is 111 Å². The zero-order chi connectivity index (χ0) is 108. The number of allylic oxidation sites excluding steroid dienone is 6. The molecule has 14 unspecified atom stereocenters. The van der Waals surface area contributed by atoms with Gasteiger partial charge in [0.15, 0.2) is 0 Å². The second-order valence-corrected chi connectivity index (χ2v) is 43.9. The predicted octanol–water partition coefficient (Wildman–Crippen LogP) is 8.77. The van der Waals surface area contributed by atoms with Crippen molar-refractivity contribution >= 4 is 82.5 Å². The van der Waals surface area contributed by atoms with Gasteiger partial charge in [0, 0.05) is 106 Å². The van der Waals surface area contributed by atoms with Crippen LogP contribution in [-0.2, 0) is 90.8 Å². The number of likely N-dealkylation sites (N-methyl/N-ethyl adjacent to an activating group) is 7. The Morgan fingerprint density at radius 2 is 1.14 bits per heavy atom. The van der Waals surface area contributed by atoms with E-state index in [1.165, 1.54) is 87.8 Å². The average Bonchev–Trinajstić information content (AvgIpc) is 0.772. The van der Waals surface area contributed by atoms with E-state index in [4.69, 9.17) is 23.7 Å². The smallest absolute Gasteiger partial charge is 0.329 e. The molecule has 0 aromatic rings. The van der Waals surface area contributed by atoms with Crippen LogP contribution in [0.15, 0.2) is 48.1 Å². The Labute approximate surface area is 848 Å². The van der Waals surface area contributed by atoms with Crippen LogP contribution in [0.25, 0.3) is 0 Å². The molecule has 5 rings (SSSR count). The number of ketones is 2. The van der Waals surface area contributed by atoms with E-state index >= 15 is 9.59 Å². The molecule has 1 saturated carbocycles. The van der Waals surface area contributed by atoms with Crippen LogP contribution in [0.2, 0.25) is 0 Å². The minimum Gasteiger partial charge on any atom is -0.456 e. The summed E-state index contributed by atoms with van der Waals surface area (Å²) in [6.07, 6.45) is 8.74. The first-order chi connectivity index (χ1) is 66.2. The number of carbonyl (C=O) groups excluding carboxylic acids is 14. The number of aliphatic hydroxyl groups excluding tert-OH is 3. The molecule has 4 heterocycles. The van der Waals surface area contributed by atoms with Crippen molar-refractivity contribution in [1.29, 1.82) is 0 Å². The number of rotatable bonds is 22. The predicted molar refractivity (Wildman–Crippen MR) is 545 cm³/mol. The Hall–Kier alpha value is -8.42. The fourth-order valence-corrected chi connectivity index (χ4v) is 20.6. The number of nitrogens with zero attached hydrogens (tertiary/aromatic N) is 8. The molecule has 35 nitrogen and oxygen atoms in total. The first-order valence-electron chi connectivity index (χ1n) is 51.9. The van der Waals surface area contributed by atoms with E-state index in [9.17, 15) is 78.0 Å². The highest BCUT2D eigenvalue weighted by Gasteiger charge is 2.58. The van der Waals surface area contributed by atoms with Crippen LogP contribution >= 0.6 is 0 Å². The number of amides is 11. The second kappa shape index (κ2) is 58.2. The van der Waals surface area contributed by atoms with Crippen LogP contribution in [0.4, 0.5) is 0 Å². The summed E-state index contributed by atoms with van der Waals surface area (Å²) in [4.78, 5) is 213. The number of hydrogen-bond acceptors (Lipinski definition) is 24. The van der Waals surface area contributed by atoms with Crippen molar-refractivity contribution in [3.05, 3.63) is 48.1 Å². The third-order valence-corrected chi connectivity index (χ3v) is 29.6. The van der Waals surface area contributed by atoms with E-state index in [1.54, 1.807) is 73.7 Å². The summed E-state index contributed by atoms with van der Waals surface area (Å²) in [5, 5.41) is 57.4. The number of aliphatic hydroxyl groups is 4. The Balaban J connectivity index is 0.000000637. The van der Waals surface area contributed by atoms with Gasteiger partial charge in [-0.05, 0) is 210 Å². The number of esters is 1. The summed E-state index contributed by atoms with van der Waals surface area (Å²) in [6.45, 7) is 45.5. The molecule has 11 amide bonds. The van der Waals surface area contributed by atoms with Crippen LogP contribution < -0.4 is 21.3 Å². The zero-order valence-corrected chi connectivity index (χ0v) is 92.1. The molecule has 0 radical (unpaired) electrons. The Kier molecular flexibility index (Phi) is 51.6. The molecule has 142 heavy (non-hydrogen) atoms. The van der Waals surface area contributed by atoms with Crippen molar-refractivity contribution in [3.63, 3.8) is 0 Å². The zero-order valence-electron chi connectivity index (χ0n) is 92.1. The lowest BCUT2D eigenvalue weighted by atomic mass is 9.81. The summed E-state index contributed by atoms with van der Waals surface area (Å²) in [6, 6.07) is -12.5. The van der Waals surface area contributed by atoms with E-state index in [1.807, 2.05) is 133 Å². The van der Waals surface area contributed by atoms with Crippen molar-refractivity contribution in [2.75, 3.05) is 83.8 Å². The number of hydrogen-bond donors (Lipinski definition) is 8. The van der Waals surface area contributed by atoms with Gasteiger partial charge in [0.1, 0.15) is 72.4 Å². The number of cyclic esters (lactones) is 1. The van der Waals surface area contributed by atoms with Gasteiger partial charge in [-0.15, -0.1) is 6.58 Å². The second-order valence-electron chi connectivity index (χ2n) is 43.9. The number of carbonyl (C=O) groups is 14. The largest absolute Gasteiger partial charge is 0.456 e. The molecule has 4 aliphatic heterocycles. The van der Waals surface area contributed by atoms with Gasteiger partial charge in [-0.3, -0.25) is 67.2 Å². The van der Waals surface area contributed by atoms with E-state index in [0.29, 0.717) is 69.8 Å². The number of piperidine rings is 1. The van der Waals surface area contributed by atoms with E-state index in [2.05, 4.69) is 27.8 Å². The molecular weight excluding hydrogens is 1820 g/mol. The van der Waals surface area contributed by atoms with Crippen LogP contribution in [-0.4, -0.2) is 353 Å². The fraction of sp³-hybridized carbons (Fsp3) is 0.794. The Morgan fingerprint density at radius 1 is 0.592 bits per heavy atom. The van der Waals surface area contributed by atoms with E-state index < -0.39 is 228 Å². The SMILES string of the molecule is C/C=C/C[C@@H](C)[C@@H](O)[C@@H]1C(=O)N[C@@H](CC)C(=O)N(C)CC(=O)N(C)[C@@H](CC(C)C)C(=O)N[C@H](C(C)C)C(=O)N(C)[C@H](CC(C)C)C(=O)N[C@H](C)C(=O)N[C@@H](C)C(=O)N(C)[C@H](CC(C)C)C(=O)N(C)[C@@H](CC(C)C)C(C)N(C)[C@H](C(C)C)C(=O)N1C.C=CCC1/C=C(/C)CC(C)C[C@H](OC)C2OC(O)(C(=O)C(=O)N3CCCCC3C(=O)OC(/C(C)=C/C3CCC(O)C(OC)C3)C(C)C(O)CC1=O)C(C)CC2OC. The Bertz CT molecular complexity index is 4270. The maximum Gasteiger partial charge on any atom is 0.329 e. The third-order valence-electron chi connectivity index (χ3n) is 29.6.